The zero-order chi connectivity index (χ0) is 16.4. The standard InChI is InChI=1S/C16H17N3O4S/c20-15-2-1-5-19(15)9-14-17-18-16(23-14)24-10-11-3-4-12-13(8-11)22-7-6-21-12/h3-4,8H,1-2,5-7,9-10H2. The molecule has 0 radical (unpaired) electrons. The third kappa shape index (κ3) is 3.33. The van der Waals surface area contributed by atoms with E-state index in [1.807, 2.05) is 18.2 Å². The van der Waals surface area contributed by atoms with Crippen LogP contribution in [-0.2, 0) is 17.1 Å². The van der Waals surface area contributed by atoms with Gasteiger partial charge in [0.1, 0.15) is 13.2 Å². The Morgan fingerprint density at radius 3 is 2.88 bits per heavy atom. The Hall–Kier alpha value is -2.22. The van der Waals surface area contributed by atoms with E-state index in [0.29, 0.717) is 43.0 Å². The minimum Gasteiger partial charge on any atom is -0.486 e. The number of thioether (sulfide) groups is 1. The van der Waals surface area contributed by atoms with Crippen molar-refractivity contribution in [2.24, 2.45) is 0 Å². The molecule has 2 aromatic rings. The lowest BCUT2D eigenvalue weighted by Gasteiger charge is -2.18. The summed E-state index contributed by atoms with van der Waals surface area (Å²) in [6, 6.07) is 5.89. The van der Waals surface area contributed by atoms with Crippen LogP contribution in [0.5, 0.6) is 11.5 Å². The van der Waals surface area contributed by atoms with E-state index in [0.717, 1.165) is 30.0 Å². The molecule has 1 aromatic heterocycles. The third-order valence-electron chi connectivity index (χ3n) is 3.91. The topological polar surface area (TPSA) is 77.7 Å². The van der Waals surface area contributed by atoms with Gasteiger partial charge in [-0.15, -0.1) is 10.2 Å². The number of benzene rings is 1. The molecule has 0 atom stereocenters. The molecule has 0 aliphatic carbocycles. The second-order valence-corrected chi connectivity index (χ2v) is 6.57. The number of carbonyl (C=O) groups excluding carboxylic acids is 1. The minimum absolute atomic E-state index is 0.152. The van der Waals surface area contributed by atoms with E-state index in [9.17, 15) is 4.79 Å². The lowest BCUT2D eigenvalue weighted by Crippen LogP contribution is -2.23. The first kappa shape index (κ1) is 15.3. The van der Waals surface area contributed by atoms with Crippen molar-refractivity contribution in [2.45, 2.75) is 30.4 Å². The molecule has 2 aliphatic heterocycles. The summed E-state index contributed by atoms with van der Waals surface area (Å²) < 4.78 is 16.7. The van der Waals surface area contributed by atoms with Crippen molar-refractivity contribution in [3.63, 3.8) is 0 Å². The Labute approximate surface area is 143 Å². The van der Waals surface area contributed by atoms with E-state index < -0.39 is 0 Å². The van der Waals surface area contributed by atoms with E-state index in [4.69, 9.17) is 13.9 Å². The summed E-state index contributed by atoms with van der Waals surface area (Å²) >= 11 is 1.46. The van der Waals surface area contributed by atoms with Gasteiger partial charge in [0.05, 0.1) is 6.54 Å². The normalized spacial score (nSPS) is 16.7. The van der Waals surface area contributed by atoms with Crippen molar-refractivity contribution < 1.29 is 18.7 Å². The second-order valence-electron chi connectivity index (χ2n) is 5.65. The molecule has 8 heteroatoms. The summed E-state index contributed by atoms with van der Waals surface area (Å²) in [5, 5.41) is 8.56. The number of hydrogen-bond acceptors (Lipinski definition) is 7. The van der Waals surface area contributed by atoms with Crippen LogP contribution in [0.25, 0.3) is 0 Å². The van der Waals surface area contributed by atoms with Gasteiger partial charge in [0.2, 0.25) is 11.8 Å². The maximum Gasteiger partial charge on any atom is 0.276 e. The summed E-state index contributed by atoms with van der Waals surface area (Å²) in [5.74, 6) is 2.89. The van der Waals surface area contributed by atoms with Crippen molar-refractivity contribution >= 4 is 17.7 Å². The molecule has 126 valence electrons. The minimum atomic E-state index is 0.152. The summed E-state index contributed by atoms with van der Waals surface area (Å²) in [6.45, 7) is 2.33. The predicted molar refractivity (Wildman–Crippen MR) is 85.9 cm³/mol. The lowest BCUT2D eigenvalue weighted by atomic mass is 10.2. The molecule has 24 heavy (non-hydrogen) atoms. The molecule has 0 saturated carbocycles. The van der Waals surface area contributed by atoms with Gasteiger partial charge in [-0.05, 0) is 24.1 Å². The molecule has 1 aromatic carbocycles. The fourth-order valence-corrected chi connectivity index (χ4v) is 3.44. The molecule has 1 saturated heterocycles. The Balaban J connectivity index is 1.35. The molecular weight excluding hydrogens is 330 g/mol. The maximum absolute atomic E-state index is 11.6. The van der Waals surface area contributed by atoms with Gasteiger partial charge in [-0.3, -0.25) is 4.79 Å². The van der Waals surface area contributed by atoms with E-state index in [1.54, 1.807) is 4.90 Å². The van der Waals surface area contributed by atoms with Gasteiger partial charge in [-0.25, -0.2) is 0 Å². The number of fused-ring (bicyclic) bond motifs is 1. The van der Waals surface area contributed by atoms with Gasteiger partial charge < -0.3 is 18.8 Å². The molecule has 0 bridgehead atoms. The SMILES string of the molecule is O=C1CCCN1Cc1nnc(SCc2ccc3c(c2)OCCO3)o1. The van der Waals surface area contributed by atoms with Crippen LogP contribution >= 0.6 is 11.8 Å². The number of rotatable bonds is 5. The Bertz CT molecular complexity index is 749. The van der Waals surface area contributed by atoms with Crippen LogP contribution in [0.2, 0.25) is 0 Å². The smallest absolute Gasteiger partial charge is 0.276 e. The molecule has 1 fully saturated rings. The van der Waals surface area contributed by atoms with Crippen LogP contribution in [0.1, 0.15) is 24.3 Å². The lowest BCUT2D eigenvalue weighted by molar-refractivity contribution is -0.128. The van der Waals surface area contributed by atoms with Gasteiger partial charge >= 0.3 is 0 Å². The highest BCUT2D eigenvalue weighted by atomic mass is 32.2. The van der Waals surface area contributed by atoms with Crippen molar-refractivity contribution in [3.05, 3.63) is 29.7 Å². The average Bonchev–Trinajstić information content (AvgIpc) is 3.22. The van der Waals surface area contributed by atoms with Crippen LogP contribution in [0, 0.1) is 0 Å². The molecule has 2 aliphatic rings. The number of carbonyl (C=O) groups is 1. The van der Waals surface area contributed by atoms with Crippen LogP contribution < -0.4 is 9.47 Å². The summed E-state index contributed by atoms with van der Waals surface area (Å²) in [4.78, 5) is 13.4. The quantitative estimate of drug-likeness (QED) is 0.768. The highest BCUT2D eigenvalue weighted by Crippen LogP contribution is 2.32. The number of nitrogens with zero attached hydrogens (tertiary/aromatic N) is 3. The molecule has 1 amide bonds. The van der Waals surface area contributed by atoms with Crippen molar-refractivity contribution in [3.8, 4) is 11.5 Å². The van der Waals surface area contributed by atoms with Gasteiger partial charge in [0.15, 0.2) is 11.5 Å². The highest BCUT2D eigenvalue weighted by molar-refractivity contribution is 7.98. The Morgan fingerprint density at radius 1 is 1.17 bits per heavy atom. The highest BCUT2D eigenvalue weighted by Gasteiger charge is 2.22. The summed E-state index contributed by atoms with van der Waals surface area (Å²) in [7, 11) is 0. The number of aromatic nitrogens is 2. The van der Waals surface area contributed by atoms with E-state index in [-0.39, 0.29) is 5.91 Å². The molecular formula is C16H17N3O4S. The van der Waals surface area contributed by atoms with E-state index in [2.05, 4.69) is 10.2 Å². The van der Waals surface area contributed by atoms with Crippen molar-refractivity contribution in [2.75, 3.05) is 19.8 Å². The van der Waals surface area contributed by atoms with Gasteiger partial charge in [0, 0.05) is 18.7 Å². The molecule has 7 nitrogen and oxygen atoms in total. The van der Waals surface area contributed by atoms with Gasteiger partial charge in [0.25, 0.3) is 5.22 Å². The first-order valence-electron chi connectivity index (χ1n) is 7.89. The Morgan fingerprint density at radius 2 is 2.04 bits per heavy atom. The van der Waals surface area contributed by atoms with Crippen LogP contribution in [0.4, 0.5) is 0 Å². The average molecular weight is 347 g/mol. The molecule has 4 rings (SSSR count). The van der Waals surface area contributed by atoms with Crippen LogP contribution in [0.15, 0.2) is 27.8 Å². The van der Waals surface area contributed by atoms with Gasteiger partial charge in [-0.2, -0.15) is 0 Å². The van der Waals surface area contributed by atoms with Crippen molar-refractivity contribution in [1.29, 1.82) is 0 Å². The monoisotopic (exact) mass is 347 g/mol. The number of amides is 1. The van der Waals surface area contributed by atoms with E-state index >= 15 is 0 Å². The zero-order valence-corrected chi connectivity index (χ0v) is 13.9. The molecule has 3 heterocycles. The first-order valence-corrected chi connectivity index (χ1v) is 8.88. The number of ether oxygens (including phenoxy) is 2. The Kier molecular flexibility index (Phi) is 4.29. The first-order chi connectivity index (χ1) is 11.8. The van der Waals surface area contributed by atoms with E-state index in [1.165, 1.54) is 11.8 Å². The zero-order valence-electron chi connectivity index (χ0n) is 13.1. The van der Waals surface area contributed by atoms with Gasteiger partial charge in [-0.1, -0.05) is 17.8 Å². The predicted octanol–water partition coefficient (Wildman–Crippen LogP) is 2.26. The summed E-state index contributed by atoms with van der Waals surface area (Å²) in [5.41, 5.74) is 1.10. The number of likely N-dealkylation sites (tertiary alicyclic amines) is 1. The molecule has 0 spiro atoms. The second kappa shape index (κ2) is 6.72. The fraction of sp³-hybridized carbons (Fsp3) is 0.438. The largest absolute Gasteiger partial charge is 0.486 e. The third-order valence-corrected chi connectivity index (χ3v) is 4.80. The van der Waals surface area contributed by atoms with Crippen molar-refractivity contribution in [1.82, 2.24) is 15.1 Å². The van der Waals surface area contributed by atoms with Crippen LogP contribution in [0.3, 0.4) is 0 Å². The number of hydrogen-bond donors (Lipinski definition) is 0. The summed E-state index contributed by atoms with van der Waals surface area (Å²) in [6.07, 6.45) is 1.51. The fourth-order valence-electron chi connectivity index (χ4n) is 2.72. The molecule has 0 N–H and O–H groups in total. The maximum atomic E-state index is 11.6. The van der Waals surface area contributed by atoms with Crippen LogP contribution in [-0.4, -0.2) is 40.8 Å². The molecule has 0 unspecified atom stereocenters.